The molecule has 1 aromatic carbocycles. The van der Waals surface area contributed by atoms with Gasteiger partial charge < -0.3 is 19.1 Å². The highest BCUT2D eigenvalue weighted by Gasteiger charge is 2.56. The molecule has 0 aliphatic carbocycles. The number of aromatic amines is 1. The van der Waals surface area contributed by atoms with Gasteiger partial charge in [-0.2, -0.15) is 5.09 Å². The van der Waals surface area contributed by atoms with Gasteiger partial charge in [0, 0.05) is 24.9 Å². The van der Waals surface area contributed by atoms with Crippen LogP contribution in [0.4, 0.5) is 4.39 Å². The Morgan fingerprint density at radius 1 is 1.27 bits per heavy atom. The number of ether oxygens (including phenoxy) is 2. The minimum absolute atomic E-state index is 0.105. The van der Waals surface area contributed by atoms with Gasteiger partial charge in [-0.15, -0.1) is 0 Å². The van der Waals surface area contributed by atoms with Gasteiger partial charge in [0.05, 0.1) is 12.7 Å². The molecule has 0 bridgehead atoms. The summed E-state index contributed by atoms with van der Waals surface area (Å²) >= 11 is 6.37. The van der Waals surface area contributed by atoms with E-state index in [1.165, 1.54) is 6.92 Å². The van der Waals surface area contributed by atoms with Crippen molar-refractivity contribution in [3.05, 3.63) is 69.0 Å². The third kappa shape index (κ3) is 7.92. The van der Waals surface area contributed by atoms with Gasteiger partial charge in [-0.1, -0.05) is 23.7 Å². The summed E-state index contributed by atoms with van der Waals surface area (Å²) in [5.74, 6) is -0.627. The molecule has 0 radical (unpaired) electrons. The van der Waals surface area contributed by atoms with Crippen LogP contribution in [0.2, 0.25) is 0 Å². The second-order valence-electron chi connectivity index (χ2n) is 11.2. The molecule has 3 N–H and O–H groups in total. The van der Waals surface area contributed by atoms with Crippen LogP contribution in [0.5, 0.6) is 5.75 Å². The number of aliphatic hydroxyl groups is 1. The lowest BCUT2D eigenvalue weighted by Crippen LogP contribution is -2.43. The average molecular weight is 657 g/mol. The summed E-state index contributed by atoms with van der Waals surface area (Å²) in [6.45, 7) is 6.82. The number of esters is 1. The van der Waals surface area contributed by atoms with E-state index >= 15 is 4.39 Å². The molecule has 7 atom stereocenters. The minimum atomic E-state index is -4.43. The fourth-order valence-corrected chi connectivity index (χ4v) is 6.35. The highest BCUT2D eigenvalue weighted by molar-refractivity contribution is 7.52. The zero-order chi connectivity index (χ0) is 32.4. The molecule has 13 nitrogen and oxygen atoms in total. The lowest BCUT2D eigenvalue weighted by molar-refractivity contribution is -0.149. The van der Waals surface area contributed by atoms with E-state index in [0.29, 0.717) is 6.42 Å². The Labute approximate surface area is 257 Å². The number of H-pyrrole nitrogens is 1. The van der Waals surface area contributed by atoms with Crippen molar-refractivity contribution in [1.29, 1.82) is 0 Å². The van der Waals surface area contributed by atoms with Crippen LogP contribution in [-0.4, -0.2) is 68.5 Å². The van der Waals surface area contributed by atoms with Crippen molar-refractivity contribution in [2.24, 2.45) is 4.99 Å². The Bertz CT molecular complexity index is 1590. The molecule has 2 unspecified atom stereocenters. The zero-order valence-electron chi connectivity index (χ0n) is 24.7. The number of hydrogen-bond acceptors (Lipinski definition) is 10. The number of benzene rings is 1. The van der Waals surface area contributed by atoms with E-state index in [0.717, 1.165) is 34.9 Å². The van der Waals surface area contributed by atoms with Crippen LogP contribution < -0.4 is 20.9 Å². The normalized spacial score (nSPS) is 28.8. The molecule has 0 spiro atoms. The summed E-state index contributed by atoms with van der Waals surface area (Å²) < 4.78 is 52.5. The number of nitrogens with zero attached hydrogens (tertiary/aromatic N) is 2. The van der Waals surface area contributed by atoms with Gasteiger partial charge in [-0.05, 0) is 64.0 Å². The van der Waals surface area contributed by atoms with Crippen molar-refractivity contribution in [3.63, 3.8) is 0 Å². The van der Waals surface area contributed by atoms with Gasteiger partial charge in [0.25, 0.3) is 5.56 Å². The number of allylic oxidation sites excluding steroid dienone is 1. The van der Waals surface area contributed by atoms with Gasteiger partial charge >= 0.3 is 19.4 Å². The molecule has 16 heteroatoms. The summed E-state index contributed by atoms with van der Waals surface area (Å²) in [5, 5.41) is 13.2. The molecule has 3 heterocycles. The molecule has 1 fully saturated rings. The number of carbonyl (C=O) groups is 1. The third-order valence-corrected chi connectivity index (χ3v) is 8.74. The predicted molar refractivity (Wildman–Crippen MR) is 161 cm³/mol. The monoisotopic (exact) mass is 656 g/mol. The van der Waals surface area contributed by atoms with E-state index < -0.39 is 72.8 Å². The maximum atomic E-state index is 15.6. The van der Waals surface area contributed by atoms with Crippen LogP contribution in [0.1, 0.15) is 52.8 Å². The quantitative estimate of drug-likeness (QED) is 0.141. The number of dihydropyridines is 1. The number of aliphatic hydroxyl groups excluding tert-OH is 1. The van der Waals surface area contributed by atoms with Crippen LogP contribution in [0, 0.1) is 0 Å². The summed E-state index contributed by atoms with van der Waals surface area (Å²) in [5.41, 5.74) is -2.43. The molecular formula is C28H35ClFN4O9P. The van der Waals surface area contributed by atoms with Crippen LogP contribution in [0.15, 0.2) is 57.2 Å². The Hall–Kier alpha value is -3.13. The lowest BCUT2D eigenvalue weighted by atomic mass is 9.97. The number of halogens is 2. The van der Waals surface area contributed by atoms with E-state index in [4.69, 9.17) is 30.1 Å². The van der Waals surface area contributed by atoms with Gasteiger partial charge in [0.2, 0.25) is 0 Å². The molecule has 240 valence electrons. The second kappa shape index (κ2) is 13.1. The first kappa shape index (κ1) is 33.8. The van der Waals surface area contributed by atoms with Crippen molar-refractivity contribution < 1.29 is 37.4 Å². The molecular weight excluding hydrogens is 622 g/mol. The Balaban J connectivity index is 1.54. The predicted octanol–water partition coefficient (Wildman–Crippen LogP) is 3.47. The van der Waals surface area contributed by atoms with E-state index in [1.807, 2.05) is 11.1 Å². The number of aromatic nitrogens is 2. The topological polar surface area (TPSA) is 171 Å². The van der Waals surface area contributed by atoms with Crippen LogP contribution in [-0.2, 0) is 23.4 Å². The Morgan fingerprint density at radius 3 is 2.57 bits per heavy atom. The number of rotatable bonds is 11. The number of aliphatic imine (C=N–C) groups is 1. The molecule has 1 aromatic heterocycles. The van der Waals surface area contributed by atoms with Crippen LogP contribution >= 0.6 is 19.3 Å². The largest absolute Gasteiger partial charge is 0.462 e. The molecule has 2 aliphatic rings. The van der Waals surface area contributed by atoms with Gasteiger partial charge in [-0.3, -0.25) is 28.7 Å². The van der Waals surface area contributed by atoms with Crippen molar-refractivity contribution in [3.8, 4) is 5.75 Å². The highest BCUT2D eigenvalue weighted by atomic mass is 35.5. The first-order valence-electron chi connectivity index (χ1n) is 13.8. The summed E-state index contributed by atoms with van der Waals surface area (Å²) in [6.07, 6.45) is -0.410. The fraction of sp³-hybridized carbons (Fsp3) is 0.500. The number of alkyl halides is 2. The van der Waals surface area contributed by atoms with Crippen LogP contribution in [0.3, 0.4) is 0 Å². The molecule has 1 saturated heterocycles. The van der Waals surface area contributed by atoms with Gasteiger partial charge in [-0.25, -0.2) is 13.8 Å². The summed E-state index contributed by atoms with van der Waals surface area (Å²) in [6, 6.07) is 6.36. The van der Waals surface area contributed by atoms with Crippen molar-refractivity contribution in [2.75, 3.05) is 6.61 Å². The number of hydrogen-bond donors (Lipinski definition) is 3. The first-order valence-corrected chi connectivity index (χ1v) is 15.7. The third-order valence-electron chi connectivity index (χ3n) is 6.87. The lowest BCUT2D eigenvalue weighted by Gasteiger charge is -2.26. The maximum Gasteiger partial charge on any atom is 0.459 e. The molecule has 4 rings (SSSR count). The first-order chi connectivity index (χ1) is 20.5. The summed E-state index contributed by atoms with van der Waals surface area (Å²) in [4.78, 5) is 41.7. The molecule has 44 heavy (non-hydrogen) atoms. The molecule has 2 aliphatic heterocycles. The van der Waals surface area contributed by atoms with Crippen molar-refractivity contribution >= 4 is 37.1 Å². The SMILES string of the molecule is CC(C)OC(=O)[C@H](C)NP(=O)(OC[C@H]1O[C@@H](n2ccc(=O)[nH]c2=O)[C@](C)(F)[C@@H]1O)Oc1ccc(C2=CC=NC(C)(Cl)C2)cc1. The van der Waals surface area contributed by atoms with Crippen molar-refractivity contribution in [2.45, 2.75) is 82.3 Å². The smallest absolute Gasteiger partial charge is 0.459 e. The van der Waals surface area contributed by atoms with E-state index in [1.54, 1.807) is 51.3 Å². The summed E-state index contributed by atoms with van der Waals surface area (Å²) in [7, 11) is -4.43. The maximum absolute atomic E-state index is 15.6. The second-order valence-corrected chi connectivity index (χ2v) is 13.7. The Kier molecular flexibility index (Phi) is 10.0. The minimum Gasteiger partial charge on any atom is -0.462 e. The number of nitrogens with one attached hydrogen (secondary N) is 2. The fourth-order valence-electron chi connectivity index (χ4n) is 4.65. The number of carbonyl (C=O) groups excluding carboxylic acids is 1. The molecule has 0 saturated carbocycles. The van der Waals surface area contributed by atoms with Gasteiger partial charge in [0.1, 0.15) is 29.0 Å². The van der Waals surface area contributed by atoms with E-state index in [9.17, 15) is 24.1 Å². The molecule has 2 aromatic rings. The highest BCUT2D eigenvalue weighted by Crippen LogP contribution is 2.48. The van der Waals surface area contributed by atoms with E-state index in [-0.39, 0.29) is 5.75 Å². The standard InChI is InChI=1S/C28H35ClFN4O9P/c1-16(2)41-24(37)17(3)33-44(39,43-20-8-6-18(7-9-20)19-10-12-31-27(4,29)14-19)40-15-21-23(36)28(5,30)25(42-21)34-13-11-22(35)32-26(34)38/h6-13,16-17,21,23,25,36H,14-15H2,1-5H3,(H,33,39)(H,32,35,38)/t17-,21+,23+,25+,27?,28+,44?/m0/s1. The average Bonchev–Trinajstić information content (AvgIpc) is 3.15. The van der Waals surface area contributed by atoms with Crippen LogP contribution in [0.25, 0.3) is 5.57 Å². The van der Waals surface area contributed by atoms with Gasteiger partial charge in [0.15, 0.2) is 11.9 Å². The zero-order valence-corrected chi connectivity index (χ0v) is 26.4. The Morgan fingerprint density at radius 2 is 1.95 bits per heavy atom. The molecule has 0 amide bonds. The van der Waals surface area contributed by atoms with Crippen molar-refractivity contribution in [1.82, 2.24) is 14.6 Å². The van der Waals surface area contributed by atoms with E-state index in [2.05, 4.69) is 10.1 Å².